The lowest BCUT2D eigenvalue weighted by atomic mass is 10.3. The number of H-pyrrole nitrogens is 1. The van der Waals surface area contributed by atoms with Crippen molar-refractivity contribution in [3.63, 3.8) is 0 Å². The second-order valence-corrected chi connectivity index (χ2v) is 5.04. The van der Waals surface area contributed by atoms with Gasteiger partial charge < -0.3 is 4.74 Å². The summed E-state index contributed by atoms with van der Waals surface area (Å²) < 4.78 is 7.25. The number of nitrogens with one attached hydrogen (secondary N) is 1. The van der Waals surface area contributed by atoms with Crippen molar-refractivity contribution in [2.24, 2.45) is 0 Å². The second kappa shape index (κ2) is 7.04. The maximum atomic E-state index is 11.5. The minimum Gasteiger partial charge on any atom is -0.493 e. The molecule has 1 aromatic heterocycles. The van der Waals surface area contributed by atoms with Gasteiger partial charge in [-0.2, -0.15) is 0 Å². The Morgan fingerprint density at radius 2 is 2.16 bits per heavy atom. The van der Waals surface area contributed by atoms with Crippen LogP contribution in [0, 0.1) is 0 Å². The first-order valence-corrected chi connectivity index (χ1v) is 7.25. The molecule has 102 valence electrons. The fourth-order valence-corrected chi connectivity index (χ4v) is 2.43. The molecule has 0 aliphatic heterocycles. The van der Waals surface area contributed by atoms with Crippen LogP contribution in [-0.4, -0.2) is 27.1 Å². The minimum absolute atomic E-state index is 0.145. The van der Waals surface area contributed by atoms with Crippen molar-refractivity contribution in [2.75, 3.05) is 12.4 Å². The molecule has 0 spiro atoms. The molecule has 0 atom stereocenters. The van der Waals surface area contributed by atoms with E-state index in [0.29, 0.717) is 13.2 Å². The van der Waals surface area contributed by atoms with Gasteiger partial charge in [-0.1, -0.05) is 36.9 Å². The van der Waals surface area contributed by atoms with Crippen molar-refractivity contribution in [3.05, 3.63) is 40.8 Å². The number of para-hydroxylation sites is 1. The highest BCUT2D eigenvalue weighted by atomic mass is 32.2. The van der Waals surface area contributed by atoms with Crippen molar-refractivity contribution in [1.82, 2.24) is 14.8 Å². The Morgan fingerprint density at radius 3 is 2.89 bits per heavy atom. The summed E-state index contributed by atoms with van der Waals surface area (Å²) >= 11 is 1.52. The van der Waals surface area contributed by atoms with Crippen LogP contribution in [0.25, 0.3) is 0 Å². The molecule has 0 aliphatic rings. The van der Waals surface area contributed by atoms with Gasteiger partial charge in [0.25, 0.3) is 0 Å². The molecular weight excluding hydrogens is 262 g/mol. The number of hydrogen-bond donors (Lipinski definition) is 1. The number of hydrogen-bond acceptors (Lipinski definition) is 4. The molecule has 1 N–H and O–H groups in total. The summed E-state index contributed by atoms with van der Waals surface area (Å²) in [7, 11) is 0. The number of thioether (sulfide) groups is 1. The zero-order valence-corrected chi connectivity index (χ0v) is 11.7. The van der Waals surface area contributed by atoms with Crippen LogP contribution in [0.5, 0.6) is 5.75 Å². The van der Waals surface area contributed by atoms with E-state index in [2.05, 4.69) is 10.2 Å². The first kappa shape index (κ1) is 13.7. The molecule has 2 aromatic rings. The standard InChI is InChI=1S/C13H17N3O2S/c1-2-8-16-12(17)14-15-13(16)19-10-9-18-11-6-4-3-5-7-11/h3-7H,2,8-10H2,1H3,(H,14,17). The summed E-state index contributed by atoms with van der Waals surface area (Å²) in [6.45, 7) is 3.31. The summed E-state index contributed by atoms with van der Waals surface area (Å²) in [5, 5.41) is 7.21. The monoisotopic (exact) mass is 279 g/mol. The van der Waals surface area contributed by atoms with E-state index in [1.54, 1.807) is 4.57 Å². The molecule has 19 heavy (non-hydrogen) atoms. The minimum atomic E-state index is -0.145. The van der Waals surface area contributed by atoms with Crippen molar-refractivity contribution >= 4 is 11.8 Å². The van der Waals surface area contributed by atoms with E-state index in [-0.39, 0.29) is 5.69 Å². The molecule has 0 amide bonds. The SMILES string of the molecule is CCCn1c(SCCOc2ccccc2)n[nH]c1=O. The van der Waals surface area contributed by atoms with Crippen LogP contribution in [0.4, 0.5) is 0 Å². The lowest BCUT2D eigenvalue weighted by Gasteiger charge is -2.06. The Balaban J connectivity index is 1.81. The van der Waals surface area contributed by atoms with Gasteiger partial charge in [-0.05, 0) is 18.6 Å². The van der Waals surface area contributed by atoms with Crippen molar-refractivity contribution < 1.29 is 4.74 Å². The van der Waals surface area contributed by atoms with E-state index in [4.69, 9.17) is 4.74 Å². The maximum absolute atomic E-state index is 11.5. The Bertz CT molecular complexity index is 551. The molecule has 0 bridgehead atoms. The Kier molecular flexibility index (Phi) is 5.09. The fourth-order valence-electron chi connectivity index (χ4n) is 1.64. The van der Waals surface area contributed by atoms with E-state index < -0.39 is 0 Å². The molecular formula is C13H17N3O2S. The number of aromatic amines is 1. The molecule has 0 fully saturated rings. The zero-order chi connectivity index (χ0) is 13.5. The van der Waals surface area contributed by atoms with Crippen molar-refractivity contribution in [3.8, 4) is 5.75 Å². The maximum Gasteiger partial charge on any atom is 0.343 e. The molecule has 1 heterocycles. The third-order valence-electron chi connectivity index (χ3n) is 2.50. The van der Waals surface area contributed by atoms with E-state index in [0.717, 1.165) is 23.1 Å². The Labute approximate surface area is 116 Å². The lowest BCUT2D eigenvalue weighted by molar-refractivity contribution is 0.344. The van der Waals surface area contributed by atoms with Crippen LogP contribution in [0.1, 0.15) is 13.3 Å². The molecule has 0 saturated carbocycles. The van der Waals surface area contributed by atoms with E-state index in [1.807, 2.05) is 37.3 Å². The summed E-state index contributed by atoms with van der Waals surface area (Å²) in [6, 6.07) is 9.68. The van der Waals surface area contributed by atoms with Crippen LogP contribution in [0.3, 0.4) is 0 Å². The van der Waals surface area contributed by atoms with Gasteiger partial charge in [0.1, 0.15) is 5.75 Å². The summed E-state index contributed by atoms with van der Waals surface area (Å²) in [5.41, 5.74) is -0.145. The van der Waals surface area contributed by atoms with Gasteiger partial charge in [0, 0.05) is 12.3 Å². The number of aromatic nitrogens is 3. The number of ether oxygens (including phenoxy) is 1. The average Bonchev–Trinajstić information content (AvgIpc) is 2.78. The largest absolute Gasteiger partial charge is 0.493 e. The van der Waals surface area contributed by atoms with E-state index in [1.165, 1.54) is 11.8 Å². The Morgan fingerprint density at radius 1 is 1.37 bits per heavy atom. The molecule has 0 radical (unpaired) electrons. The summed E-state index contributed by atoms with van der Waals surface area (Å²) in [5.74, 6) is 1.61. The van der Waals surface area contributed by atoms with Crippen molar-refractivity contribution in [2.45, 2.75) is 25.0 Å². The van der Waals surface area contributed by atoms with Gasteiger partial charge in [0.05, 0.1) is 6.61 Å². The van der Waals surface area contributed by atoms with Gasteiger partial charge in [-0.15, -0.1) is 5.10 Å². The third-order valence-corrected chi connectivity index (χ3v) is 3.44. The number of nitrogens with zero attached hydrogens (tertiary/aromatic N) is 2. The highest BCUT2D eigenvalue weighted by Crippen LogP contribution is 2.14. The first-order valence-electron chi connectivity index (χ1n) is 6.27. The second-order valence-electron chi connectivity index (χ2n) is 3.97. The summed E-state index contributed by atoms with van der Waals surface area (Å²) in [6.07, 6.45) is 0.910. The normalized spacial score (nSPS) is 10.6. The van der Waals surface area contributed by atoms with Gasteiger partial charge in [0.15, 0.2) is 5.16 Å². The van der Waals surface area contributed by atoms with Crippen LogP contribution in [-0.2, 0) is 6.54 Å². The smallest absolute Gasteiger partial charge is 0.343 e. The molecule has 0 saturated heterocycles. The van der Waals surface area contributed by atoms with Gasteiger partial charge >= 0.3 is 5.69 Å². The van der Waals surface area contributed by atoms with E-state index >= 15 is 0 Å². The zero-order valence-electron chi connectivity index (χ0n) is 10.8. The molecule has 6 heteroatoms. The molecule has 5 nitrogen and oxygen atoms in total. The third kappa shape index (κ3) is 3.89. The van der Waals surface area contributed by atoms with Crippen LogP contribution < -0.4 is 10.4 Å². The fraction of sp³-hybridized carbons (Fsp3) is 0.385. The van der Waals surface area contributed by atoms with Crippen LogP contribution in [0.15, 0.2) is 40.3 Å². The van der Waals surface area contributed by atoms with Gasteiger partial charge in [-0.3, -0.25) is 4.57 Å². The predicted molar refractivity (Wildman–Crippen MR) is 75.8 cm³/mol. The highest BCUT2D eigenvalue weighted by molar-refractivity contribution is 7.99. The Hall–Kier alpha value is -1.69. The molecule has 1 aromatic carbocycles. The number of benzene rings is 1. The lowest BCUT2D eigenvalue weighted by Crippen LogP contribution is -2.17. The molecule has 2 rings (SSSR count). The molecule has 0 aliphatic carbocycles. The average molecular weight is 279 g/mol. The number of rotatable bonds is 7. The van der Waals surface area contributed by atoms with Crippen LogP contribution in [0.2, 0.25) is 0 Å². The first-order chi connectivity index (χ1) is 9.31. The van der Waals surface area contributed by atoms with Gasteiger partial charge in [0.2, 0.25) is 0 Å². The molecule has 0 unspecified atom stereocenters. The topological polar surface area (TPSA) is 59.9 Å². The summed E-state index contributed by atoms with van der Waals surface area (Å²) in [4.78, 5) is 11.5. The van der Waals surface area contributed by atoms with E-state index in [9.17, 15) is 4.79 Å². The van der Waals surface area contributed by atoms with Crippen molar-refractivity contribution in [1.29, 1.82) is 0 Å². The van der Waals surface area contributed by atoms with Crippen LogP contribution >= 0.6 is 11.8 Å². The predicted octanol–water partition coefficient (Wildman–Crippen LogP) is 2.15. The highest BCUT2D eigenvalue weighted by Gasteiger charge is 2.07. The van der Waals surface area contributed by atoms with Gasteiger partial charge in [-0.25, -0.2) is 9.89 Å². The quantitative estimate of drug-likeness (QED) is 0.623.